The van der Waals surface area contributed by atoms with Crippen LogP contribution in [0.5, 0.6) is 0 Å². The minimum absolute atomic E-state index is 0.0381. The number of nitrogens with one attached hydrogen (secondary N) is 1. The lowest BCUT2D eigenvalue weighted by atomic mass is 10.1. The number of nitro benzene ring substituents is 1. The van der Waals surface area contributed by atoms with Crippen LogP contribution in [-0.2, 0) is 17.8 Å². The maximum absolute atomic E-state index is 12.1. The quantitative estimate of drug-likeness (QED) is 0.576. The molecule has 0 spiro atoms. The third-order valence-electron chi connectivity index (χ3n) is 3.67. The largest absolute Gasteiger partial charge is 0.350 e. The van der Waals surface area contributed by atoms with Gasteiger partial charge < -0.3 is 9.72 Å². The molecular weight excluding hydrogens is 308 g/mol. The van der Waals surface area contributed by atoms with Gasteiger partial charge in [0, 0.05) is 24.0 Å². The molecule has 0 atom stereocenters. The van der Waals surface area contributed by atoms with Crippen molar-refractivity contribution >= 4 is 17.2 Å². The van der Waals surface area contributed by atoms with Crippen LogP contribution in [0, 0.1) is 17.0 Å². The molecular formula is C17H16N4O3. The van der Waals surface area contributed by atoms with Crippen LogP contribution in [0.15, 0.2) is 48.8 Å². The highest BCUT2D eigenvalue weighted by atomic mass is 16.6. The zero-order valence-corrected chi connectivity index (χ0v) is 13.1. The fourth-order valence-corrected chi connectivity index (χ4v) is 2.48. The van der Waals surface area contributed by atoms with Crippen molar-refractivity contribution in [2.75, 3.05) is 0 Å². The highest BCUT2D eigenvalue weighted by Gasteiger charge is 2.15. The first kappa shape index (κ1) is 15.7. The molecule has 1 N–H and O–H groups in total. The molecule has 0 saturated carbocycles. The van der Waals surface area contributed by atoms with Crippen molar-refractivity contribution in [2.24, 2.45) is 0 Å². The Morgan fingerprint density at radius 1 is 1.33 bits per heavy atom. The fraction of sp³-hybridized carbons (Fsp3) is 0.176. The Balaban J connectivity index is 1.66. The van der Waals surface area contributed by atoms with Crippen LogP contribution in [0.4, 0.5) is 5.69 Å². The Bertz CT molecular complexity index is 917. The molecule has 0 fully saturated rings. The molecule has 2 heterocycles. The van der Waals surface area contributed by atoms with Crippen LogP contribution in [0.2, 0.25) is 0 Å². The molecule has 1 amide bonds. The number of rotatable bonds is 5. The van der Waals surface area contributed by atoms with Crippen LogP contribution >= 0.6 is 0 Å². The molecule has 7 nitrogen and oxygen atoms in total. The van der Waals surface area contributed by atoms with Crippen LogP contribution in [-0.4, -0.2) is 20.2 Å². The van der Waals surface area contributed by atoms with Gasteiger partial charge in [0.1, 0.15) is 5.65 Å². The van der Waals surface area contributed by atoms with E-state index in [0.29, 0.717) is 5.56 Å². The third-order valence-corrected chi connectivity index (χ3v) is 3.67. The summed E-state index contributed by atoms with van der Waals surface area (Å²) in [7, 11) is 0. The van der Waals surface area contributed by atoms with Crippen molar-refractivity contribution in [3.8, 4) is 0 Å². The lowest BCUT2D eigenvalue weighted by Gasteiger charge is -2.04. The van der Waals surface area contributed by atoms with Gasteiger partial charge >= 0.3 is 0 Å². The van der Waals surface area contributed by atoms with Crippen molar-refractivity contribution in [2.45, 2.75) is 19.9 Å². The van der Waals surface area contributed by atoms with E-state index in [-0.39, 0.29) is 24.6 Å². The molecule has 0 bridgehead atoms. The first-order valence-corrected chi connectivity index (χ1v) is 7.46. The second kappa shape index (κ2) is 6.49. The summed E-state index contributed by atoms with van der Waals surface area (Å²) in [5.41, 5.74) is 3.01. The first-order chi connectivity index (χ1) is 11.5. The number of benzene rings is 1. The minimum Gasteiger partial charge on any atom is -0.350 e. The number of para-hydroxylation sites is 1. The number of aromatic nitrogens is 2. The van der Waals surface area contributed by atoms with E-state index in [4.69, 9.17) is 0 Å². The molecule has 2 aromatic heterocycles. The Morgan fingerprint density at radius 2 is 2.12 bits per heavy atom. The Labute approximate surface area is 138 Å². The second-order valence-corrected chi connectivity index (χ2v) is 5.54. The summed E-state index contributed by atoms with van der Waals surface area (Å²) in [6.45, 7) is 2.27. The van der Waals surface area contributed by atoms with Gasteiger partial charge in [-0.25, -0.2) is 4.98 Å². The number of hydrogen-bond donors (Lipinski definition) is 1. The fourth-order valence-electron chi connectivity index (χ4n) is 2.48. The second-order valence-electron chi connectivity index (χ2n) is 5.54. The van der Waals surface area contributed by atoms with E-state index in [0.717, 1.165) is 16.9 Å². The summed E-state index contributed by atoms with van der Waals surface area (Å²) in [6.07, 6.45) is 3.72. The normalized spacial score (nSPS) is 10.7. The van der Waals surface area contributed by atoms with Gasteiger partial charge in [0.25, 0.3) is 5.69 Å². The molecule has 0 aliphatic heterocycles. The molecule has 0 aliphatic rings. The van der Waals surface area contributed by atoms with Crippen LogP contribution < -0.4 is 5.32 Å². The standard InChI is InChI=1S/C17H16N4O3/c1-12-6-7-20-11-14(19-16(20)8-12)10-18-17(22)9-13-4-2-3-5-15(13)21(23)24/h2-8,11H,9-10H2,1H3,(H,18,22). The average molecular weight is 324 g/mol. The van der Waals surface area contributed by atoms with Gasteiger partial charge in [0.05, 0.1) is 23.6 Å². The predicted octanol–water partition coefficient (Wildman–Crippen LogP) is 2.41. The van der Waals surface area contributed by atoms with Gasteiger partial charge in [-0.3, -0.25) is 14.9 Å². The van der Waals surface area contributed by atoms with Gasteiger partial charge in [-0.1, -0.05) is 18.2 Å². The number of nitro groups is 1. The molecule has 7 heteroatoms. The predicted molar refractivity (Wildman–Crippen MR) is 88.6 cm³/mol. The zero-order valence-electron chi connectivity index (χ0n) is 13.1. The number of aryl methyl sites for hydroxylation is 1. The number of carbonyl (C=O) groups excluding carboxylic acids is 1. The first-order valence-electron chi connectivity index (χ1n) is 7.46. The van der Waals surface area contributed by atoms with E-state index >= 15 is 0 Å². The Morgan fingerprint density at radius 3 is 2.92 bits per heavy atom. The van der Waals surface area contributed by atoms with E-state index in [9.17, 15) is 14.9 Å². The molecule has 3 rings (SSSR count). The van der Waals surface area contributed by atoms with Crippen molar-refractivity contribution in [3.63, 3.8) is 0 Å². The van der Waals surface area contributed by atoms with E-state index in [2.05, 4.69) is 10.3 Å². The van der Waals surface area contributed by atoms with Gasteiger partial charge in [-0.05, 0) is 24.6 Å². The zero-order chi connectivity index (χ0) is 17.1. The lowest BCUT2D eigenvalue weighted by molar-refractivity contribution is -0.385. The molecule has 3 aromatic rings. The van der Waals surface area contributed by atoms with E-state index in [1.165, 1.54) is 6.07 Å². The highest BCUT2D eigenvalue weighted by Crippen LogP contribution is 2.18. The number of amides is 1. The number of imidazole rings is 1. The van der Waals surface area contributed by atoms with Gasteiger partial charge in [0.15, 0.2) is 0 Å². The monoisotopic (exact) mass is 324 g/mol. The molecule has 0 unspecified atom stereocenters. The van der Waals surface area contributed by atoms with Crippen LogP contribution in [0.25, 0.3) is 5.65 Å². The average Bonchev–Trinajstić information content (AvgIpc) is 2.95. The summed E-state index contributed by atoms with van der Waals surface area (Å²) in [5, 5.41) is 13.7. The smallest absolute Gasteiger partial charge is 0.273 e. The summed E-state index contributed by atoms with van der Waals surface area (Å²) in [4.78, 5) is 27.0. The Hall–Kier alpha value is -3.22. The molecule has 24 heavy (non-hydrogen) atoms. The molecule has 1 aromatic carbocycles. The topological polar surface area (TPSA) is 89.5 Å². The number of carbonyl (C=O) groups is 1. The van der Waals surface area contributed by atoms with Crippen LogP contribution in [0.3, 0.4) is 0 Å². The van der Waals surface area contributed by atoms with Gasteiger partial charge in [-0.2, -0.15) is 0 Å². The molecule has 0 radical (unpaired) electrons. The lowest BCUT2D eigenvalue weighted by Crippen LogP contribution is -2.25. The Kier molecular flexibility index (Phi) is 4.24. The number of pyridine rings is 1. The molecule has 0 aliphatic carbocycles. The molecule has 0 saturated heterocycles. The van der Waals surface area contributed by atoms with E-state index in [1.807, 2.05) is 35.9 Å². The number of hydrogen-bond acceptors (Lipinski definition) is 4. The maximum Gasteiger partial charge on any atom is 0.273 e. The minimum atomic E-state index is -0.479. The highest BCUT2D eigenvalue weighted by molar-refractivity contribution is 5.79. The van der Waals surface area contributed by atoms with Crippen molar-refractivity contribution in [1.29, 1.82) is 0 Å². The summed E-state index contributed by atoms with van der Waals surface area (Å²) in [6, 6.07) is 10.2. The maximum atomic E-state index is 12.1. The van der Waals surface area contributed by atoms with E-state index in [1.54, 1.807) is 18.2 Å². The molecule has 122 valence electrons. The van der Waals surface area contributed by atoms with Crippen LogP contribution in [0.1, 0.15) is 16.8 Å². The number of nitrogens with zero attached hydrogens (tertiary/aromatic N) is 3. The van der Waals surface area contributed by atoms with Crippen molar-refractivity contribution in [1.82, 2.24) is 14.7 Å². The summed E-state index contributed by atoms with van der Waals surface area (Å²) in [5.74, 6) is -0.280. The van der Waals surface area contributed by atoms with Gasteiger partial charge in [0.2, 0.25) is 5.91 Å². The summed E-state index contributed by atoms with van der Waals surface area (Å²) < 4.78 is 1.89. The SMILES string of the molecule is Cc1ccn2cc(CNC(=O)Cc3ccccc3[N+](=O)[O-])nc2c1. The summed E-state index contributed by atoms with van der Waals surface area (Å²) >= 11 is 0. The third kappa shape index (κ3) is 3.40. The van der Waals surface area contributed by atoms with Crippen molar-refractivity contribution < 1.29 is 9.72 Å². The van der Waals surface area contributed by atoms with E-state index < -0.39 is 4.92 Å². The van der Waals surface area contributed by atoms with Crippen molar-refractivity contribution in [3.05, 3.63) is 75.7 Å². The van der Waals surface area contributed by atoms with Gasteiger partial charge in [-0.15, -0.1) is 0 Å². The number of fused-ring (bicyclic) bond motifs is 1.